The Balaban J connectivity index is 2.34. The number of methoxy groups -OCH3 is 1. The van der Waals surface area contributed by atoms with Crippen LogP contribution in [0, 0.1) is 5.82 Å². The van der Waals surface area contributed by atoms with Crippen LogP contribution in [0.2, 0.25) is 0 Å². The number of nitrogens with zero attached hydrogens (tertiary/aromatic N) is 1. The van der Waals surface area contributed by atoms with E-state index in [2.05, 4.69) is 10.3 Å². The van der Waals surface area contributed by atoms with Gasteiger partial charge in [-0.3, -0.25) is 4.98 Å². The summed E-state index contributed by atoms with van der Waals surface area (Å²) in [6, 6.07) is 5.70. The Bertz CT molecular complexity index is 617. The highest BCUT2D eigenvalue weighted by Crippen LogP contribution is 2.25. The number of hydrogen-bond acceptors (Lipinski definition) is 4. The maximum absolute atomic E-state index is 13.3. The van der Waals surface area contributed by atoms with E-state index in [-0.39, 0.29) is 11.3 Å². The van der Waals surface area contributed by atoms with Gasteiger partial charge in [0.05, 0.1) is 12.8 Å². The lowest BCUT2D eigenvalue weighted by atomic mass is 10.2. The molecule has 0 saturated heterocycles. The van der Waals surface area contributed by atoms with Crippen LogP contribution in [0.5, 0.6) is 5.75 Å². The van der Waals surface area contributed by atoms with Crippen molar-refractivity contribution < 1.29 is 19.0 Å². The van der Waals surface area contributed by atoms with E-state index in [9.17, 15) is 9.18 Å². The molecule has 5 nitrogen and oxygen atoms in total. The monoisotopic (exact) mass is 262 g/mol. The number of anilines is 2. The number of rotatable bonds is 4. The zero-order valence-corrected chi connectivity index (χ0v) is 10.1. The van der Waals surface area contributed by atoms with Gasteiger partial charge in [0.2, 0.25) is 0 Å². The van der Waals surface area contributed by atoms with Gasteiger partial charge in [0, 0.05) is 24.1 Å². The Morgan fingerprint density at radius 3 is 2.89 bits per heavy atom. The van der Waals surface area contributed by atoms with Crippen LogP contribution in [-0.2, 0) is 0 Å². The first-order valence-corrected chi connectivity index (χ1v) is 5.39. The number of carboxylic acid groups (broad SMARTS) is 1. The molecule has 0 unspecified atom stereocenters. The molecule has 2 rings (SSSR count). The Kier molecular flexibility index (Phi) is 3.61. The van der Waals surface area contributed by atoms with E-state index in [0.29, 0.717) is 11.4 Å². The van der Waals surface area contributed by atoms with E-state index in [0.717, 1.165) is 0 Å². The third-order valence-corrected chi connectivity index (χ3v) is 2.48. The first-order chi connectivity index (χ1) is 9.11. The van der Waals surface area contributed by atoms with Gasteiger partial charge < -0.3 is 15.2 Å². The number of nitrogens with one attached hydrogen (secondary N) is 1. The number of halogens is 1. The van der Waals surface area contributed by atoms with Crippen molar-refractivity contribution in [3.8, 4) is 5.75 Å². The Hall–Kier alpha value is -2.63. The molecule has 0 spiro atoms. The zero-order valence-electron chi connectivity index (χ0n) is 10.1. The molecular weight excluding hydrogens is 251 g/mol. The standard InChI is InChI=1S/C13H11FN2O3/c1-19-12-6-8(2-3-10(12)14)16-11-4-5-15-7-9(11)13(17)18/h2-7H,1H3,(H,15,16)(H,17,18). The van der Waals surface area contributed by atoms with E-state index in [4.69, 9.17) is 9.84 Å². The SMILES string of the molecule is COc1cc(Nc2ccncc2C(=O)O)ccc1F. The third kappa shape index (κ3) is 2.79. The van der Waals surface area contributed by atoms with Crippen LogP contribution >= 0.6 is 0 Å². The van der Waals surface area contributed by atoms with Crippen molar-refractivity contribution in [3.05, 3.63) is 48.0 Å². The van der Waals surface area contributed by atoms with Crippen LogP contribution in [-0.4, -0.2) is 23.2 Å². The molecule has 0 saturated carbocycles. The van der Waals surface area contributed by atoms with Gasteiger partial charge in [-0.2, -0.15) is 0 Å². The molecule has 98 valence electrons. The number of carboxylic acids is 1. The first-order valence-electron chi connectivity index (χ1n) is 5.39. The van der Waals surface area contributed by atoms with Crippen LogP contribution in [0.25, 0.3) is 0 Å². The molecule has 0 aliphatic carbocycles. The van der Waals surface area contributed by atoms with Crippen molar-refractivity contribution in [1.29, 1.82) is 0 Å². The summed E-state index contributed by atoms with van der Waals surface area (Å²) in [6.07, 6.45) is 2.71. The quantitative estimate of drug-likeness (QED) is 0.886. The normalized spacial score (nSPS) is 10.0. The fraction of sp³-hybridized carbons (Fsp3) is 0.0769. The highest BCUT2D eigenvalue weighted by molar-refractivity contribution is 5.94. The van der Waals surface area contributed by atoms with Gasteiger partial charge in [-0.25, -0.2) is 9.18 Å². The van der Waals surface area contributed by atoms with E-state index in [1.54, 1.807) is 0 Å². The molecule has 0 bridgehead atoms. The fourth-order valence-electron chi connectivity index (χ4n) is 1.57. The molecule has 0 aliphatic heterocycles. The predicted molar refractivity (Wildman–Crippen MR) is 67.4 cm³/mol. The minimum atomic E-state index is -1.09. The van der Waals surface area contributed by atoms with Gasteiger partial charge >= 0.3 is 5.97 Å². The van der Waals surface area contributed by atoms with Gasteiger partial charge in [-0.05, 0) is 18.2 Å². The second-order valence-corrected chi connectivity index (χ2v) is 3.70. The van der Waals surface area contributed by atoms with Crippen molar-refractivity contribution in [2.75, 3.05) is 12.4 Å². The maximum Gasteiger partial charge on any atom is 0.339 e. The number of hydrogen-bond donors (Lipinski definition) is 2. The highest BCUT2D eigenvalue weighted by atomic mass is 19.1. The van der Waals surface area contributed by atoms with Gasteiger partial charge in [0.1, 0.15) is 5.56 Å². The van der Waals surface area contributed by atoms with Crippen LogP contribution in [0.3, 0.4) is 0 Å². The predicted octanol–water partition coefficient (Wildman–Crippen LogP) is 2.67. The Morgan fingerprint density at radius 2 is 2.21 bits per heavy atom. The van der Waals surface area contributed by atoms with E-state index < -0.39 is 11.8 Å². The summed E-state index contributed by atoms with van der Waals surface area (Å²) in [5.41, 5.74) is 0.925. The van der Waals surface area contributed by atoms with Crippen LogP contribution in [0.15, 0.2) is 36.7 Å². The lowest BCUT2D eigenvalue weighted by Crippen LogP contribution is -2.03. The van der Waals surface area contributed by atoms with Crippen LogP contribution in [0.1, 0.15) is 10.4 Å². The molecule has 1 heterocycles. The molecular formula is C13H11FN2O3. The summed E-state index contributed by atoms with van der Waals surface area (Å²) in [6.45, 7) is 0. The maximum atomic E-state index is 13.3. The van der Waals surface area contributed by atoms with Crippen molar-refractivity contribution >= 4 is 17.3 Å². The number of carbonyl (C=O) groups is 1. The van der Waals surface area contributed by atoms with Crippen molar-refractivity contribution in [3.63, 3.8) is 0 Å². The Labute approximate surface area is 108 Å². The number of benzene rings is 1. The summed E-state index contributed by atoms with van der Waals surface area (Å²) < 4.78 is 18.1. The van der Waals surface area contributed by atoms with Crippen LogP contribution < -0.4 is 10.1 Å². The Morgan fingerprint density at radius 1 is 1.42 bits per heavy atom. The molecule has 2 N–H and O–H groups in total. The fourth-order valence-corrected chi connectivity index (χ4v) is 1.57. The smallest absolute Gasteiger partial charge is 0.339 e. The largest absolute Gasteiger partial charge is 0.494 e. The van der Waals surface area contributed by atoms with Gasteiger partial charge in [-0.1, -0.05) is 0 Å². The molecule has 6 heteroatoms. The summed E-state index contributed by atoms with van der Waals surface area (Å²) in [5, 5.41) is 11.9. The molecule has 0 amide bonds. The summed E-state index contributed by atoms with van der Waals surface area (Å²) >= 11 is 0. The summed E-state index contributed by atoms with van der Waals surface area (Å²) in [4.78, 5) is 14.8. The van der Waals surface area contributed by atoms with Crippen molar-refractivity contribution in [2.24, 2.45) is 0 Å². The van der Waals surface area contributed by atoms with Crippen molar-refractivity contribution in [1.82, 2.24) is 4.98 Å². The third-order valence-electron chi connectivity index (χ3n) is 2.48. The second-order valence-electron chi connectivity index (χ2n) is 3.70. The average Bonchev–Trinajstić information content (AvgIpc) is 2.41. The average molecular weight is 262 g/mol. The number of aromatic carboxylic acids is 1. The molecule has 0 radical (unpaired) electrons. The highest BCUT2D eigenvalue weighted by Gasteiger charge is 2.11. The van der Waals surface area contributed by atoms with E-state index in [1.807, 2.05) is 0 Å². The second kappa shape index (κ2) is 5.34. The van der Waals surface area contributed by atoms with Gasteiger partial charge in [0.25, 0.3) is 0 Å². The summed E-state index contributed by atoms with van der Waals surface area (Å²) in [7, 11) is 1.36. The van der Waals surface area contributed by atoms with Crippen molar-refractivity contribution in [2.45, 2.75) is 0 Å². The molecule has 0 fully saturated rings. The minimum absolute atomic E-state index is 0.0331. The number of ether oxygens (including phenoxy) is 1. The van der Waals surface area contributed by atoms with Crippen LogP contribution in [0.4, 0.5) is 15.8 Å². The molecule has 2 aromatic rings. The summed E-state index contributed by atoms with van der Waals surface area (Å²) in [5.74, 6) is -1.50. The first kappa shape index (κ1) is 12.8. The van der Waals surface area contributed by atoms with E-state index in [1.165, 1.54) is 43.8 Å². The minimum Gasteiger partial charge on any atom is -0.494 e. The number of aromatic nitrogens is 1. The molecule has 1 aromatic heterocycles. The molecule has 0 atom stereocenters. The topological polar surface area (TPSA) is 71.5 Å². The molecule has 19 heavy (non-hydrogen) atoms. The van der Waals surface area contributed by atoms with Gasteiger partial charge in [0.15, 0.2) is 11.6 Å². The lowest BCUT2D eigenvalue weighted by molar-refractivity contribution is 0.0697. The molecule has 1 aromatic carbocycles. The zero-order chi connectivity index (χ0) is 13.8. The lowest BCUT2D eigenvalue weighted by Gasteiger charge is -2.10. The van der Waals surface area contributed by atoms with E-state index >= 15 is 0 Å². The number of pyridine rings is 1. The van der Waals surface area contributed by atoms with Gasteiger partial charge in [-0.15, -0.1) is 0 Å². The molecule has 0 aliphatic rings.